The van der Waals surface area contributed by atoms with Crippen LogP contribution in [0.5, 0.6) is 17.2 Å². The molecule has 1 saturated heterocycles. The molecule has 33 heavy (non-hydrogen) atoms. The van der Waals surface area contributed by atoms with Crippen molar-refractivity contribution < 1.29 is 19.1 Å². The number of hydrogen-bond donors (Lipinski definition) is 1. The molecule has 0 spiro atoms. The Morgan fingerprint density at radius 1 is 1.00 bits per heavy atom. The number of benzene rings is 3. The Morgan fingerprint density at radius 3 is 2.48 bits per heavy atom. The molecular formula is C27H28N2O4. The van der Waals surface area contributed by atoms with E-state index in [0.29, 0.717) is 36.0 Å². The van der Waals surface area contributed by atoms with Crippen LogP contribution >= 0.6 is 0 Å². The van der Waals surface area contributed by atoms with E-state index in [1.807, 2.05) is 75.4 Å². The SMILES string of the molecule is CCOc1ccccc1N1C[C@H](C(=O)Nc2ccc(Oc3cccc(C)c3C)cc2)CC1=O. The average Bonchev–Trinajstić information content (AvgIpc) is 3.20. The zero-order valence-electron chi connectivity index (χ0n) is 19.1. The molecule has 6 nitrogen and oxygen atoms in total. The number of nitrogens with one attached hydrogen (secondary N) is 1. The third kappa shape index (κ3) is 5.00. The van der Waals surface area contributed by atoms with Crippen LogP contribution in [0.25, 0.3) is 0 Å². The highest BCUT2D eigenvalue weighted by Crippen LogP contribution is 2.33. The summed E-state index contributed by atoms with van der Waals surface area (Å²) in [6, 6.07) is 20.6. The topological polar surface area (TPSA) is 67.9 Å². The fraction of sp³-hybridized carbons (Fsp3) is 0.259. The zero-order chi connectivity index (χ0) is 23.4. The van der Waals surface area contributed by atoms with E-state index >= 15 is 0 Å². The lowest BCUT2D eigenvalue weighted by Crippen LogP contribution is -2.28. The van der Waals surface area contributed by atoms with Crippen molar-refractivity contribution in [3.8, 4) is 17.2 Å². The number of para-hydroxylation sites is 2. The summed E-state index contributed by atoms with van der Waals surface area (Å²) in [6.45, 7) is 6.80. The van der Waals surface area contributed by atoms with Crippen molar-refractivity contribution in [3.63, 3.8) is 0 Å². The molecule has 0 saturated carbocycles. The Balaban J connectivity index is 1.40. The van der Waals surface area contributed by atoms with Crippen LogP contribution in [-0.2, 0) is 9.59 Å². The number of rotatable bonds is 7. The minimum Gasteiger partial charge on any atom is -0.492 e. The number of hydrogen-bond acceptors (Lipinski definition) is 4. The number of carbonyl (C=O) groups is 2. The van der Waals surface area contributed by atoms with E-state index in [1.165, 1.54) is 5.56 Å². The molecule has 4 rings (SSSR count). The van der Waals surface area contributed by atoms with Crippen molar-refractivity contribution in [3.05, 3.63) is 77.9 Å². The van der Waals surface area contributed by atoms with Crippen LogP contribution in [0.2, 0.25) is 0 Å². The average molecular weight is 445 g/mol. The molecule has 0 aliphatic carbocycles. The molecule has 0 unspecified atom stereocenters. The van der Waals surface area contributed by atoms with Gasteiger partial charge in [-0.3, -0.25) is 9.59 Å². The van der Waals surface area contributed by atoms with Gasteiger partial charge in [0.25, 0.3) is 0 Å². The quantitative estimate of drug-likeness (QED) is 0.524. The number of anilines is 2. The second-order valence-corrected chi connectivity index (χ2v) is 8.12. The minimum atomic E-state index is -0.432. The lowest BCUT2D eigenvalue weighted by atomic mass is 10.1. The van der Waals surface area contributed by atoms with Gasteiger partial charge in [0.2, 0.25) is 11.8 Å². The first-order chi connectivity index (χ1) is 16.0. The highest BCUT2D eigenvalue weighted by Gasteiger charge is 2.36. The molecule has 3 aromatic carbocycles. The summed E-state index contributed by atoms with van der Waals surface area (Å²) >= 11 is 0. The molecule has 0 radical (unpaired) electrons. The summed E-state index contributed by atoms with van der Waals surface area (Å²) in [6.07, 6.45) is 0.167. The highest BCUT2D eigenvalue weighted by atomic mass is 16.5. The first kappa shape index (κ1) is 22.4. The number of ether oxygens (including phenoxy) is 2. The summed E-state index contributed by atoms with van der Waals surface area (Å²) in [7, 11) is 0. The Kier molecular flexibility index (Phi) is 6.63. The smallest absolute Gasteiger partial charge is 0.229 e. The molecule has 170 valence electrons. The van der Waals surface area contributed by atoms with Gasteiger partial charge in [0.1, 0.15) is 17.2 Å². The van der Waals surface area contributed by atoms with E-state index in [9.17, 15) is 9.59 Å². The maximum absolute atomic E-state index is 12.9. The van der Waals surface area contributed by atoms with Gasteiger partial charge in [-0.25, -0.2) is 0 Å². The van der Waals surface area contributed by atoms with Crippen LogP contribution in [0.1, 0.15) is 24.5 Å². The number of carbonyl (C=O) groups excluding carboxylic acids is 2. The van der Waals surface area contributed by atoms with Crippen LogP contribution in [-0.4, -0.2) is 25.0 Å². The van der Waals surface area contributed by atoms with Crippen LogP contribution in [0.4, 0.5) is 11.4 Å². The van der Waals surface area contributed by atoms with Crippen molar-refractivity contribution in [2.45, 2.75) is 27.2 Å². The van der Waals surface area contributed by atoms with E-state index < -0.39 is 5.92 Å². The molecule has 0 aromatic heterocycles. The van der Waals surface area contributed by atoms with Gasteiger partial charge in [-0.1, -0.05) is 24.3 Å². The predicted molar refractivity (Wildman–Crippen MR) is 129 cm³/mol. The number of amides is 2. The fourth-order valence-electron chi connectivity index (χ4n) is 3.89. The van der Waals surface area contributed by atoms with Crippen LogP contribution in [0, 0.1) is 19.8 Å². The Hall–Kier alpha value is -3.80. The van der Waals surface area contributed by atoms with E-state index in [4.69, 9.17) is 9.47 Å². The third-order valence-electron chi connectivity index (χ3n) is 5.86. The first-order valence-electron chi connectivity index (χ1n) is 11.1. The maximum Gasteiger partial charge on any atom is 0.229 e. The summed E-state index contributed by atoms with van der Waals surface area (Å²) in [5.41, 5.74) is 3.62. The lowest BCUT2D eigenvalue weighted by Gasteiger charge is -2.20. The Labute approximate surface area is 194 Å². The van der Waals surface area contributed by atoms with Crippen molar-refractivity contribution >= 4 is 23.2 Å². The summed E-state index contributed by atoms with van der Waals surface area (Å²) < 4.78 is 11.6. The van der Waals surface area contributed by atoms with Gasteiger partial charge in [-0.05, 0) is 74.4 Å². The lowest BCUT2D eigenvalue weighted by molar-refractivity contribution is -0.122. The number of nitrogens with zero attached hydrogens (tertiary/aromatic N) is 1. The molecule has 1 fully saturated rings. The van der Waals surface area contributed by atoms with Gasteiger partial charge in [0.05, 0.1) is 18.2 Å². The van der Waals surface area contributed by atoms with Gasteiger partial charge in [0, 0.05) is 18.7 Å². The highest BCUT2D eigenvalue weighted by molar-refractivity contribution is 6.04. The van der Waals surface area contributed by atoms with Crippen molar-refractivity contribution in [1.82, 2.24) is 0 Å². The van der Waals surface area contributed by atoms with Gasteiger partial charge >= 0.3 is 0 Å². The molecule has 0 bridgehead atoms. The molecule has 2 amide bonds. The van der Waals surface area contributed by atoms with E-state index in [-0.39, 0.29) is 18.2 Å². The van der Waals surface area contributed by atoms with Crippen molar-refractivity contribution in [1.29, 1.82) is 0 Å². The van der Waals surface area contributed by atoms with Gasteiger partial charge in [-0.15, -0.1) is 0 Å². The van der Waals surface area contributed by atoms with E-state index in [1.54, 1.807) is 17.0 Å². The van der Waals surface area contributed by atoms with Gasteiger partial charge in [0.15, 0.2) is 0 Å². The first-order valence-corrected chi connectivity index (χ1v) is 11.1. The van der Waals surface area contributed by atoms with Crippen LogP contribution < -0.4 is 19.7 Å². The second kappa shape index (κ2) is 9.77. The second-order valence-electron chi connectivity index (χ2n) is 8.12. The van der Waals surface area contributed by atoms with Crippen LogP contribution in [0.3, 0.4) is 0 Å². The molecular weight excluding hydrogens is 416 g/mol. The molecule has 1 atom stereocenters. The van der Waals surface area contributed by atoms with Gasteiger partial charge < -0.3 is 19.7 Å². The molecule has 1 N–H and O–H groups in total. The fourth-order valence-corrected chi connectivity index (χ4v) is 3.89. The number of aryl methyl sites for hydroxylation is 1. The molecule has 6 heteroatoms. The molecule has 1 aliphatic rings. The Morgan fingerprint density at radius 2 is 1.73 bits per heavy atom. The summed E-state index contributed by atoms with van der Waals surface area (Å²) in [4.78, 5) is 27.1. The molecule has 1 heterocycles. The molecule has 1 aliphatic heterocycles. The Bertz CT molecular complexity index is 1160. The standard InChI is InChI=1S/C27H28N2O4/c1-4-32-25-10-6-5-9-23(25)29-17-20(16-26(29)30)27(31)28-21-12-14-22(15-13-21)33-24-11-7-8-18(2)19(24)3/h5-15,20H,4,16-17H2,1-3H3,(H,28,31)/t20-/m1/s1. The third-order valence-corrected chi connectivity index (χ3v) is 5.86. The summed E-state index contributed by atoms with van der Waals surface area (Å²) in [5, 5.41) is 2.92. The monoisotopic (exact) mass is 444 g/mol. The van der Waals surface area contributed by atoms with E-state index in [0.717, 1.165) is 11.3 Å². The van der Waals surface area contributed by atoms with E-state index in [2.05, 4.69) is 5.32 Å². The maximum atomic E-state index is 12.9. The predicted octanol–water partition coefficient (Wildman–Crippen LogP) is 5.49. The zero-order valence-corrected chi connectivity index (χ0v) is 19.1. The largest absolute Gasteiger partial charge is 0.492 e. The molecule has 3 aromatic rings. The van der Waals surface area contributed by atoms with Gasteiger partial charge in [-0.2, -0.15) is 0 Å². The minimum absolute atomic E-state index is 0.0837. The van der Waals surface area contributed by atoms with Crippen molar-refractivity contribution in [2.24, 2.45) is 5.92 Å². The summed E-state index contributed by atoms with van der Waals surface area (Å²) in [5.74, 6) is 1.45. The van der Waals surface area contributed by atoms with Crippen molar-refractivity contribution in [2.75, 3.05) is 23.4 Å². The normalized spacial score (nSPS) is 15.4. The van der Waals surface area contributed by atoms with Crippen LogP contribution in [0.15, 0.2) is 66.7 Å².